The van der Waals surface area contributed by atoms with Crippen molar-refractivity contribution in [3.05, 3.63) is 0 Å². The highest BCUT2D eigenvalue weighted by atomic mass is 28.5. The van der Waals surface area contributed by atoms with E-state index in [0.29, 0.717) is 0 Å². The summed E-state index contributed by atoms with van der Waals surface area (Å²) in [6.07, 6.45) is 0.968. The predicted molar refractivity (Wildman–Crippen MR) is 124 cm³/mol. The maximum absolute atomic E-state index is 6.37. The van der Waals surface area contributed by atoms with Crippen molar-refractivity contribution in [2.24, 2.45) is 0 Å². The van der Waals surface area contributed by atoms with E-state index in [1.165, 1.54) is 0 Å². The van der Waals surface area contributed by atoms with Crippen molar-refractivity contribution in [2.75, 3.05) is 0 Å². The van der Waals surface area contributed by atoms with E-state index >= 15 is 0 Å². The molecule has 0 aromatic heterocycles. The predicted octanol–water partition coefficient (Wildman–Crippen LogP) is 0.782. The van der Waals surface area contributed by atoms with E-state index in [1.807, 2.05) is 0 Å². The average Bonchev–Trinajstić information content (AvgIpc) is 2.41. The zero-order valence-electron chi connectivity index (χ0n) is 17.9. The molecule has 0 amide bonds. The molecule has 27 heavy (non-hydrogen) atoms. The van der Waals surface area contributed by atoms with Crippen LogP contribution in [0.1, 0.15) is 6.42 Å². The molecule has 8 nitrogen and oxygen atoms in total. The van der Waals surface area contributed by atoms with Crippen LogP contribution in [0.5, 0.6) is 0 Å². The standard InChI is InChI=1S/C11H36O8Si8/c1-20-12-22(3)16-26(7,17-23(4)13-20)10-9-11-27(8)18-24(5)14-21(2)15-25(6)19-27/h20-25H,9-11H2,1-8H3. The molecule has 160 valence electrons. The fourth-order valence-corrected chi connectivity index (χ4v) is 33.4. The van der Waals surface area contributed by atoms with Crippen molar-refractivity contribution in [1.82, 2.24) is 0 Å². The molecule has 2 heterocycles. The average molecular weight is 521 g/mol. The monoisotopic (exact) mass is 520 g/mol. The molecule has 0 radical (unpaired) electrons. The third-order valence-corrected chi connectivity index (χ3v) is 32.5. The summed E-state index contributed by atoms with van der Waals surface area (Å²) in [5.74, 6) is 0. The molecule has 0 aliphatic carbocycles. The quantitative estimate of drug-likeness (QED) is 0.504. The van der Waals surface area contributed by atoms with Crippen LogP contribution < -0.4 is 0 Å². The molecule has 0 aromatic carbocycles. The van der Waals surface area contributed by atoms with Crippen LogP contribution in [-0.2, 0) is 32.9 Å². The lowest BCUT2D eigenvalue weighted by Gasteiger charge is -2.39. The van der Waals surface area contributed by atoms with Gasteiger partial charge in [0.25, 0.3) is 55.7 Å². The maximum Gasteiger partial charge on any atom is 0.316 e. The number of hydrogen-bond donors (Lipinski definition) is 0. The SMILES string of the molecule is C[SiH]1O[SiH](C)O[Si](C)(CCC[Si]2(C)O[SiH](C)O[SiH](C)O[SiH](C)O2)O[SiH](C)O1. The highest BCUT2D eigenvalue weighted by Crippen LogP contribution is 2.27. The molecule has 4 unspecified atom stereocenters. The van der Waals surface area contributed by atoms with Gasteiger partial charge < -0.3 is 32.9 Å². The second-order valence-corrected chi connectivity index (χ2v) is 28.0. The molecule has 2 aliphatic heterocycles. The molecule has 4 atom stereocenters. The van der Waals surface area contributed by atoms with E-state index < -0.39 is 72.8 Å². The molecular formula is C11H36O8Si8. The molecule has 0 spiro atoms. The first-order valence-corrected chi connectivity index (χ1v) is 27.4. The maximum atomic E-state index is 6.37. The van der Waals surface area contributed by atoms with Gasteiger partial charge in [-0.25, -0.2) is 0 Å². The summed E-state index contributed by atoms with van der Waals surface area (Å²) >= 11 is 0. The number of rotatable bonds is 4. The fraction of sp³-hybridized carbons (Fsp3) is 1.00. The Morgan fingerprint density at radius 1 is 0.481 bits per heavy atom. The topological polar surface area (TPSA) is 73.8 Å². The van der Waals surface area contributed by atoms with E-state index in [0.717, 1.165) is 18.5 Å². The molecule has 2 fully saturated rings. The molecule has 2 saturated heterocycles. The molecule has 0 N–H and O–H groups in total. The second-order valence-electron chi connectivity index (χ2n) is 7.54. The first-order chi connectivity index (χ1) is 12.5. The Morgan fingerprint density at radius 2 is 0.741 bits per heavy atom. The Labute approximate surface area is 176 Å². The third kappa shape index (κ3) is 8.59. The van der Waals surface area contributed by atoms with Crippen LogP contribution in [0, 0.1) is 0 Å². The molecule has 2 aliphatic rings. The number of hydrogen-bond acceptors (Lipinski definition) is 8. The Kier molecular flexibility index (Phi) is 9.72. The van der Waals surface area contributed by atoms with Gasteiger partial charge in [0.05, 0.1) is 0 Å². The van der Waals surface area contributed by atoms with Crippen LogP contribution >= 0.6 is 0 Å². The summed E-state index contributed by atoms with van der Waals surface area (Å²) in [6.45, 7) is 16.7. The van der Waals surface area contributed by atoms with Crippen molar-refractivity contribution >= 4 is 72.8 Å². The largest absolute Gasteiger partial charge is 0.420 e. The summed E-state index contributed by atoms with van der Waals surface area (Å²) in [5, 5.41) is 0. The highest BCUT2D eigenvalue weighted by molar-refractivity contribution is 6.82. The minimum absolute atomic E-state index is 0.915. The summed E-state index contributed by atoms with van der Waals surface area (Å²) in [5.41, 5.74) is 0. The van der Waals surface area contributed by atoms with Crippen molar-refractivity contribution in [1.29, 1.82) is 0 Å². The Balaban J connectivity index is 1.93. The van der Waals surface area contributed by atoms with Gasteiger partial charge in [-0.15, -0.1) is 0 Å². The van der Waals surface area contributed by atoms with Gasteiger partial charge in [-0.3, -0.25) is 0 Å². The van der Waals surface area contributed by atoms with Gasteiger partial charge in [-0.2, -0.15) is 0 Å². The van der Waals surface area contributed by atoms with E-state index in [2.05, 4.69) is 52.4 Å². The van der Waals surface area contributed by atoms with Crippen LogP contribution in [0.15, 0.2) is 0 Å². The Morgan fingerprint density at radius 3 is 1.00 bits per heavy atom. The summed E-state index contributed by atoms with van der Waals surface area (Å²) in [4.78, 5) is 0. The van der Waals surface area contributed by atoms with Crippen LogP contribution in [-0.4, -0.2) is 72.8 Å². The lowest BCUT2D eigenvalue weighted by atomic mass is 10.6. The molecule has 0 bridgehead atoms. The molecule has 16 heteroatoms. The van der Waals surface area contributed by atoms with Crippen molar-refractivity contribution in [3.8, 4) is 0 Å². The van der Waals surface area contributed by atoms with Crippen LogP contribution in [0.3, 0.4) is 0 Å². The normalized spacial score (nSPS) is 47.6. The molecule has 0 aromatic rings. The highest BCUT2D eigenvalue weighted by Gasteiger charge is 2.42. The zero-order chi connectivity index (χ0) is 20.2. The van der Waals surface area contributed by atoms with E-state index in [9.17, 15) is 0 Å². The van der Waals surface area contributed by atoms with Gasteiger partial charge in [0.1, 0.15) is 0 Å². The molecular weight excluding hydrogens is 485 g/mol. The van der Waals surface area contributed by atoms with Gasteiger partial charge in [0, 0.05) is 0 Å². The smallest absolute Gasteiger partial charge is 0.316 e. The molecule has 2 rings (SSSR count). The van der Waals surface area contributed by atoms with Gasteiger partial charge in [0.15, 0.2) is 0 Å². The Bertz CT molecular complexity index is 410. The first kappa shape index (κ1) is 24.7. The van der Waals surface area contributed by atoms with Gasteiger partial charge in [0.2, 0.25) is 0 Å². The third-order valence-electron chi connectivity index (χ3n) is 4.46. The summed E-state index contributed by atoms with van der Waals surface area (Å²) in [7, 11) is -14.5. The van der Waals surface area contributed by atoms with E-state index in [1.54, 1.807) is 0 Å². The summed E-state index contributed by atoms with van der Waals surface area (Å²) in [6, 6.07) is 1.83. The van der Waals surface area contributed by atoms with Gasteiger partial charge >= 0.3 is 17.1 Å². The zero-order valence-corrected chi connectivity index (χ0v) is 26.8. The second kappa shape index (κ2) is 10.6. The van der Waals surface area contributed by atoms with Crippen LogP contribution in [0.4, 0.5) is 0 Å². The first-order valence-electron chi connectivity index (χ1n) is 9.82. The fourth-order valence-electron chi connectivity index (χ4n) is 3.68. The lowest BCUT2D eigenvalue weighted by Crippen LogP contribution is -2.54. The van der Waals surface area contributed by atoms with Gasteiger partial charge in [-0.1, -0.05) is 0 Å². The van der Waals surface area contributed by atoms with Gasteiger partial charge in [-0.05, 0) is 70.9 Å². The van der Waals surface area contributed by atoms with Crippen LogP contribution in [0.2, 0.25) is 64.5 Å². The van der Waals surface area contributed by atoms with E-state index in [-0.39, 0.29) is 0 Å². The molecule has 0 saturated carbocycles. The van der Waals surface area contributed by atoms with Crippen LogP contribution in [0.25, 0.3) is 0 Å². The Hall–Kier alpha value is 1.42. The minimum Gasteiger partial charge on any atom is -0.420 e. The minimum atomic E-state index is -2.29. The van der Waals surface area contributed by atoms with Crippen molar-refractivity contribution < 1.29 is 32.9 Å². The summed E-state index contributed by atoms with van der Waals surface area (Å²) < 4.78 is 49.5. The lowest BCUT2D eigenvalue weighted by molar-refractivity contribution is 0.271. The van der Waals surface area contributed by atoms with Crippen molar-refractivity contribution in [2.45, 2.75) is 70.9 Å². The van der Waals surface area contributed by atoms with Crippen molar-refractivity contribution in [3.63, 3.8) is 0 Å². The van der Waals surface area contributed by atoms with E-state index in [4.69, 9.17) is 32.9 Å².